The Hall–Kier alpha value is -2.20. The molecule has 1 aliphatic carbocycles. The van der Waals surface area contributed by atoms with Gasteiger partial charge in [-0.1, -0.05) is 6.07 Å². The smallest absolute Gasteiger partial charge is 0.241 e. The van der Waals surface area contributed by atoms with Gasteiger partial charge in [0, 0.05) is 30.6 Å². The third-order valence-corrected chi connectivity index (χ3v) is 8.01. The molecule has 176 valence electrons. The van der Waals surface area contributed by atoms with Crippen LogP contribution >= 0.6 is 12.0 Å². The number of amides is 2. The average molecular weight is 473 g/mol. The zero-order chi connectivity index (χ0) is 23.1. The van der Waals surface area contributed by atoms with E-state index in [0.717, 1.165) is 49.2 Å². The lowest BCUT2D eigenvalue weighted by atomic mass is 10.1. The molecule has 0 radical (unpaired) electrons. The van der Waals surface area contributed by atoms with Crippen molar-refractivity contribution in [2.24, 2.45) is 11.6 Å². The Balaban J connectivity index is 1.23. The van der Waals surface area contributed by atoms with E-state index in [1.807, 2.05) is 6.07 Å². The maximum Gasteiger partial charge on any atom is 0.241 e. The summed E-state index contributed by atoms with van der Waals surface area (Å²) in [6.45, 7) is 1.65. The topological polar surface area (TPSA) is 138 Å². The van der Waals surface area contributed by atoms with Crippen LogP contribution in [0.1, 0.15) is 42.9 Å². The van der Waals surface area contributed by atoms with E-state index in [0.29, 0.717) is 19.5 Å². The van der Waals surface area contributed by atoms with Gasteiger partial charge in [0.25, 0.3) is 0 Å². The molecule has 1 aromatic rings. The van der Waals surface area contributed by atoms with Crippen molar-refractivity contribution >= 4 is 23.9 Å². The van der Waals surface area contributed by atoms with Gasteiger partial charge in [0.05, 0.1) is 36.2 Å². The van der Waals surface area contributed by atoms with Crippen molar-refractivity contribution in [3.8, 4) is 6.07 Å². The van der Waals surface area contributed by atoms with Crippen molar-refractivity contribution in [3.63, 3.8) is 0 Å². The molecule has 3 fully saturated rings. The first-order valence-electron chi connectivity index (χ1n) is 11.4. The standard InChI is InChI=1S/C22H28N6O4S/c23-10-14-2-1-7-27(14)21(29)18(24)12-26-11-15-9-20(26)22(30)28(15)19-6-3-13-8-16(33-32-31-25)4-5-17(13)19/h4-5,8,14-15,18-20H,1-3,6-7,9,11-12,24-25H2/t14-,15-,18-,19+,20-/m0/s1. The number of benzene rings is 1. The molecule has 0 spiro atoms. The molecule has 3 heterocycles. The maximum absolute atomic E-state index is 13.3. The number of nitriles is 1. The van der Waals surface area contributed by atoms with Crippen molar-refractivity contribution < 1.29 is 18.9 Å². The number of carbonyl (C=O) groups is 2. The summed E-state index contributed by atoms with van der Waals surface area (Å²) in [5.41, 5.74) is 8.64. The molecule has 4 N–H and O–H groups in total. The van der Waals surface area contributed by atoms with Crippen LogP contribution < -0.4 is 11.6 Å². The lowest BCUT2D eigenvalue weighted by molar-refractivity contribution is -0.195. The lowest BCUT2D eigenvalue weighted by Crippen LogP contribution is -2.56. The Bertz CT molecular complexity index is 986. The molecule has 5 atom stereocenters. The number of fused-ring (bicyclic) bond motifs is 3. The van der Waals surface area contributed by atoms with Gasteiger partial charge in [0.15, 0.2) is 0 Å². The van der Waals surface area contributed by atoms with E-state index >= 15 is 0 Å². The normalized spacial score (nSPS) is 29.5. The summed E-state index contributed by atoms with van der Waals surface area (Å²) in [7, 11) is 0. The van der Waals surface area contributed by atoms with Crippen LogP contribution in [0.3, 0.4) is 0 Å². The van der Waals surface area contributed by atoms with E-state index in [-0.39, 0.29) is 36.0 Å². The summed E-state index contributed by atoms with van der Waals surface area (Å²) < 4.78 is 4.74. The summed E-state index contributed by atoms with van der Waals surface area (Å²) in [4.78, 5) is 36.9. The first kappa shape index (κ1) is 22.6. The molecule has 33 heavy (non-hydrogen) atoms. The van der Waals surface area contributed by atoms with Crippen LogP contribution in [0.25, 0.3) is 0 Å². The van der Waals surface area contributed by atoms with E-state index in [1.165, 1.54) is 11.1 Å². The van der Waals surface area contributed by atoms with Gasteiger partial charge in [-0.25, -0.2) is 0 Å². The highest BCUT2D eigenvalue weighted by atomic mass is 32.2. The fraction of sp³-hybridized carbons (Fsp3) is 0.591. The average Bonchev–Trinajstić information content (AvgIpc) is 3.59. The minimum absolute atomic E-state index is 0.0756. The Morgan fingerprint density at radius 2 is 2.18 bits per heavy atom. The van der Waals surface area contributed by atoms with Crippen molar-refractivity contribution in [2.75, 3.05) is 19.6 Å². The zero-order valence-corrected chi connectivity index (χ0v) is 19.1. The molecule has 5 rings (SSSR count). The van der Waals surface area contributed by atoms with Gasteiger partial charge in [-0.15, -0.1) is 9.32 Å². The number of piperazine rings is 1. The van der Waals surface area contributed by atoms with Gasteiger partial charge in [-0.05, 0) is 55.4 Å². The first-order valence-corrected chi connectivity index (χ1v) is 12.1. The van der Waals surface area contributed by atoms with Gasteiger partial charge in [0.2, 0.25) is 11.8 Å². The number of hydrogen-bond acceptors (Lipinski definition) is 9. The number of aryl methyl sites for hydroxylation is 1. The number of rotatable bonds is 7. The molecule has 4 aliphatic rings. The van der Waals surface area contributed by atoms with Gasteiger partial charge >= 0.3 is 0 Å². The molecule has 0 saturated carbocycles. The van der Waals surface area contributed by atoms with E-state index in [2.05, 4.69) is 33.0 Å². The molecule has 2 bridgehead atoms. The second kappa shape index (κ2) is 9.21. The predicted molar refractivity (Wildman–Crippen MR) is 119 cm³/mol. The van der Waals surface area contributed by atoms with Crippen LogP contribution in [0.5, 0.6) is 0 Å². The Kier molecular flexibility index (Phi) is 6.30. The molecule has 11 heteroatoms. The molecule has 0 unspecified atom stereocenters. The summed E-state index contributed by atoms with van der Waals surface area (Å²) in [5, 5.41) is 9.26. The molecule has 0 aromatic heterocycles. The molecule has 1 aromatic carbocycles. The van der Waals surface area contributed by atoms with Crippen LogP contribution in [0, 0.1) is 11.3 Å². The Labute approximate surface area is 196 Å². The van der Waals surface area contributed by atoms with E-state index in [1.54, 1.807) is 4.90 Å². The van der Waals surface area contributed by atoms with Crippen LogP contribution in [-0.2, 0) is 25.3 Å². The number of nitrogens with two attached hydrogens (primary N) is 2. The number of nitrogens with zero attached hydrogens (tertiary/aromatic N) is 4. The molecular weight excluding hydrogens is 444 g/mol. The lowest BCUT2D eigenvalue weighted by Gasteiger charge is -2.38. The van der Waals surface area contributed by atoms with Crippen LogP contribution in [-0.4, -0.2) is 70.3 Å². The van der Waals surface area contributed by atoms with Crippen molar-refractivity contribution in [3.05, 3.63) is 29.3 Å². The van der Waals surface area contributed by atoms with Crippen LogP contribution in [0.15, 0.2) is 23.1 Å². The summed E-state index contributed by atoms with van der Waals surface area (Å²) >= 11 is 1.06. The third kappa shape index (κ3) is 4.01. The van der Waals surface area contributed by atoms with Gasteiger partial charge < -0.3 is 15.5 Å². The number of carbonyl (C=O) groups excluding carboxylic acids is 2. The van der Waals surface area contributed by atoms with Crippen LogP contribution in [0.2, 0.25) is 0 Å². The monoisotopic (exact) mass is 472 g/mol. The highest BCUT2D eigenvalue weighted by molar-refractivity contribution is 7.94. The number of hydrogen-bond donors (Lipinski definition) is 2. The highest BCUT2D eigenvalue weighted by Crippen LogP contribution is 2.44. The Morgan fingerprint density at radius 1 is 1.33 bits per heavy atom. The van der Waals surface area contributed by atoms with Crippen LogP contribution in [0.4, 0.5) is 0 Å². The summed E-state index contributed by atoms with van der Waals surface area (Å²) in [6, 6.07) is 7.13. The largest absolute Gasteiger partial charge is 0.330 e. The highest BCUT2D eigenvalue weighted by Gasteiger charge is 2.53. The molecular formula is C22H28N6O4S. The van der Waals surface area contributed by atoms with Crippen molar-refractivity contribution in [1.82, 2.24) is 14.7 Å². The second-order valence-corrected chi connectivity index (χ2v) is 9.97. The predicted octanol–water partition coefficient (Wildman–Crippen LogP) is 0.630. The summed E-state index contributed by atoms with van der Waals surface area (Å²) in [5.74, 6) is 4.85. The SMILES string of the molecule is N#C[C@@H]1CCCN1C(=O)[C@@H](N)CN1C[C@@H]2C[C@H]1C(=O)N2[C@@H]1CCc2cc(SOON)ccc21. The zero-order valence-electron chi connectivity index (χ0n) is 18.3. The van der Waals surface area contributed by atoms with Gasteiger partial charge in [-0.2, -0.15) is 11.2 Å². The second-order valence-electron chi connectivity index (χ2n) is 9.19. The maximum atomic E-state index is 13.3. The minimum Gasteiger partial charge on any atom is -0.330 e. The molecule has 3 aliphatic heterocycles. The fourth-order valence-electron chi connectivity index (χ4n) is 5.98. The molecule has 2 amide bonds. The van der Waals surface area contributed by atoms with Crippen molar-refractivity contribution in [2.45, 2.75) is 67.2 Å². The van der Waals surface area contributed by atoms with E-state index in [4.69, 9.17) is 16.0 Å². The first-order chi connectivity index (χ1) is 16.0. The molecule has 10 nitrogen and oxygen atoms in total. The Morgan fingerprint density at radius 3 is 2.94 bits per heavy atom. The van der Waals surface area contributed by atoms with E-state index in [9.17, 15) is 14.9 Å². The third-order valence-electron chi connectivity index (χ3n) is 7.41. The summed E-state index contributed by atoms with van der Waals surface area (Å²) in [6.07, 6.45) is 4.10. The van der Waals surface area contributed by atoms with Crippen molar-refractivity contribution in [1.29, 1.82) is 5.26 Å². The fourth-order valence-corrected chi connectivity index (χ4v) is 6.41. The van der Waals surface area contributed by atoms with Gasteiger partial charge in [0.1, 0.15) is 6.04 Å². The minimum atomic E-state index is -0.720. The number of likely N-dealkylation sites (tertiary alicyclic amines) is 3. The molecule has 3 saturated heterocycles. The van der Waals surface area contributed by atoms with E-state index < -0.39 is 6.04 Å². The van der Waals surface area contributed by atoms with Gasteiger partial charge in [-0.3, -0.25) is 14.5 Å². The quantitative estimate of drug-likeness (QED) is 0.332.